The number of methoxy groups -OCH3 is 1. The Bertz CT molecular complexity index is 1030. The number of benzene rings is 2. The molecule has 2 aromatic carbocycles. The third kappa shape index (κ3) is 5.90. The summed E-state index contributed by atoms with van der Waals surface area (Å²) in [5, 5.41) is 7.69. The van der Waals surface area contributed by atoms with Crippen LogP contribution in [-0.4, -0.2) is 41.3 Å². The number of halogens is 1. The van der Waals surface area contributed by atoms with Crippen molar-refractivity contribution in [3.8, 4) is 5.75 Å². The van der Waals surface area contributed by atoms with Crippen LogP contribution < -0.4 is 10.1 Å². The standard InChI is InChI=1S/C20H21ClN4O3S/c1-24(12-18(26)22-17-6-4-3-5-16(17)21)13-25-20(29)28-19(23-25)11-14-7-9-15(27-2)10-8-14/h3-10H,11-13H2,1-2H3,(H,22,26). The fraction of sp³-hybridized carbons (Fsp3) is 0.250. The zero-order valence-electron chi connectivity index (χ0n) is 16.1. The van der Waals surface area contributed by atoms with Crippen molar-refractivity contribution in [1.82, 2.24) is 14.7 Å². The van der Waals surface area contributed by atoms with Crippen LogP contribution in [0.25, 0.3) is 0 Å². The number of likely N-dealkylation sites (N-methyl/N-ethyl adjacent to an activating group) is 1. The lowest BCUT2D eigenvalue weighted by atomic mass is 10.1. The first-order valence-corrected chi connectivity index (χ1v) is 9.66. The summed E-state index contributed by atoms with van der Waals surface area (Å²) in [7, 11) is 3.42. The maximum atomic E-state index is 12.2. The van der Waals surface area contributed by atoms with Crippen LogP contribution in [0.1, 0.15) is 11.5 Å². The molecule has 7 nitrogen and oxygen atoms in total. The van der Waals surface area contributed by atoms with Gasteiger partial charge in [0.1, 0.15) is 5.75 Å². The highest BCUT2D eigenvalue weighted by atomic mass is 35.5. The number of ether oxygens (including phenoxy) is 1. The van der Waals surface area contributed by atoms with E-state index in [0.29, 0.717) is 29.7 Å². The fourth-order valence-corrected chi connectivity index (χ4v) is 3.08. The van der Waals surface area contributed by atoms with Gasteiger partial charge in [-0.2, -0.15) is 0 Å². The Hall–Kier alpha value is -2.68. The van der Waals surface area contributed by atoms with Gasteiger partial charge in [-0.3, -0.25) is 9.69 Å². The predicted octanol–water partition coefficient (Wildman–Crippen LogP) is 3.99. The predicted molar refractivity (Wildman–Crippen MR) is 114 cm³/mol. The van der Waals surface area contributed by atoms with Gasteiger partial charge in [0.05, 0.1) is 37.5 Å². The van der Waals surface area contributed by atoms with E-state index in [9.17, 15) is 4.79 Å². The number of carbonyl (C=O) groups excluding carboxylic acids is 1. The Balaban J connectivity index is 1.57. The van der Waals surface area contributed by atoms with Crippen LogP contribution in [-0.2, 0) is 17.9 Å². The lowest BCUT2D eigenvalue weighted by Gasteiger charge is -2.16. The van der Waals surface area contributed by atoms with E-state index in [2.05, 4.69) is 10.4 Å². The molecule has 0 aliphatic heterocycles. The number of amides is 1. The van der Waals surface area contributed by atoms with E-state index in [4.69, 9.17) is 33.0 Å². The Labute approximate surface area is 178 Å². The number of rotatable bonds is 8. The summed E-state index contributed by atoms with van der Waals surface area (Å²) in [4.78, 5) is 14.3. The van der Waals surface area contributed by atoms with Gasteiger partial charge in [0, 0.05) is 0 Å². The van der Waals surface area contributed by atoms with E-state index < -0.39 is 0 Å². The molecule has 3 aromatic rings. The fourth-order valence-electron chi connectivity index (χ4n) is 2.70. The van der Waals surface area contributed by atoms with E-state index in [1.54, 1.807) is 41.9 Å². The normalized spacial score (nSPS) is 10.9. The number of hydrogen-bond donors (Lipinski definition) is 1. The van der Waals surface area contributed by atoms with Gasteiger partial charge < -0.3 is 14.5 Å². The molecule has 9 heteroatoms. The summed E-state index contributed by atoms with van der Waals surface area (Å²) in [6, 6.07) is 14.7. The molecule has 0 saturated heterocycles. The number of hydrogen-bond acceptors (Lipinski definition) is 6. The van der Waals surface area contributed by atoms with Gasteiger partial charge in [0.25, 0.3) is 4.84 Å². The smallest absolute Gasteiger partial charge is 0.288 e. The molecule has 0 saturated carbocycles. The second-order valence-electron chi connectivity index (χ2n) is 6.47. The minimum Gasteiger partial charge on any atom is -0.497 e. The number of aromatic nitrogens is 2. The lowest BCUT2D eigenvalue weighted by Crippen LogP contribution is -2.32. The molecule has 152 valence electrons. The Morgan fingerprint density at radius 3 is 2.69 bits per heavy atom. The molecule has 0 bridgehead atoms. The number of anilines is 1. The van der Waals surface area contributed by atoms with Crippen LogP contribution in [0.3, 0.4) is 0 Å². The lowest BCUT2D eigenvalue weighted by molar-refractivity contribution is -0.117. The Morgan fingerprint density at radius 2 is 2.00 bits per heavy atom. The van der Waals surface area contributed by atoms with Crippen LogP contribution in [0.15, 0.2) is 52.9 Å². The molecule has 0 spiro atoms. The summed E-state index contributed by atoms with van der Waals surface area (Å²) in [5.74, 6) is 1.11. The maximum Gasteiger partial charge on any atom is 0.288 e. The van der Waals surface area contributed by atoms with Crippen LogP contribution >= 0.6 is 23.8 Å². The first-order valence-electron chi connectivity index (χ1n) is 8.87. The van der Waals surface area contributed by atoms with E-state index in [-0.39, 0.29) is 17.3 Å². The Kier molecular flexibility index (Phi) is 7.03. The molecule has 1 amide bonds. The molecule has 3 rings (SSSR count). The quantitative estimate of drug-likeness (QED) is 0.543. The summed E-state index contributed by atoms with van der Waals surface area (Å²) in [6.07, 6.45) is 0.511. The zero-order valence-corrected chi connectivity index (χ0v) is 17.7. The van der Waals surface area contributed by atoms with Crippen LogP contribution in [0.2, 0.25) is 5.02 Å². The summed E-state index contributed by atoms with van der Waals surface area (Å²) >= 11 is 11.3. The van der Waals surface area contributed by atoms with Gasteiger partial charge in [-0.1, -0.05) is 35.9 Å². The van der Waals surface area contributed by atoms with Crippen molar-refractivity contribution in [1.29, 1.82) is 0 Å². The van der Waals surface area contributed by atoms with Crippen LogP contribution in [0.4, 0.5) is 5.69 Å². The molecule has 1 aromatic heterocycles. The number of nitrogens with zero attached hydrogens (tertiary/aromatic N) is 3. The Morgan fingerprint density at radius 1 is 1.28 bits per heavy atom. The molecule has 0 fully saturated rings. The van der Waals surface area contributed by atoms with Crippen molar-refractivity contribution < 1.29 is 13.9 Å². The number of nitrogens with one attached hydrogen (secondary N) is 1. The first kappa shape index (κ1) is 21.0. The molecular formula is C20H21ClN4O3S. The molecule has 0 atom stereocenters. The molecule has 1 N–H and O–H groups in total. The van der Waals surface area contributed by atoms with Crippen molar-refractivity contribution in [2.24, 2.45) is 0 Å². The van der Waals surface area contributed by atoms with Gasteiger partial charge in [0.2, 0.25) is 11.8 Å². The van der Waals surface area contributed by atoms with E-state index in [1.165, 1.54) is 0 Å². The van der Waals surface area contributed by atoms with Crippen LogP contribution in [0, 0.1) is 4.84 Å². The molecule has 0 radical (unpaired) electrons. The third-order valence-corrected chi connectivity index (χ3v) is 4.72. The monoisotopic (exact) mass is 432 g/mol. The SMILES string of the molecule is COc1ccc(Cc2nn(CN(C)CC(=O)Nc3ccccc3Cl)c(=S)o2)cc1. The van der Waals surface area contributed by atoms with Gasteiger partial charge >= 0.3 is 0 Å². The highest BCUT2D eigenvalue weighted by Gasteiger charge is 2.12. The number of carbonyl (C=O) groups is 1. The molecular weight excluding hydrogens is 412 g/mol. The van der Waals surface area contributed by atoms with Gasteiger partial charge in [-0.25, -0.2) is 4.68 Å². The first-order chi connectivity index (χ1) is 13.9. The van der Waals surface area contributed by atoms with Crippen LogP contribution in [0.5, 0.6) is 5.75 Å². The molecule has 0 aliphatic rings. The van der Waals surface area contributed by atoms with Gasteiger partial charge in [0.15, 0.2) is 0 Å². The number of para-hydroxylation sites is 1. The second kappa shape index (κ2) is 9.69. The highest BCUT2D eigenvalue weighted by molar-refractivity contribution is 7.71. The van der Waals surface area contributed by atoms with Crippen molar-refractivity contribution in [3.05, 3.63) is 69.8 Å². The maximum absolute atomic E-state index is 12.2. The summed E-state index contributed by atoms with van der Waals surface area (Å²) in [6.45, 7) is 0.467. The molecule has 29 heavy (non-hydrogen) atoms. The van der Waals surface area contributed by atoms with Crippen molar-refractivity contribution in [2.45, 2.75) is 13.1 Å². The summed E-state index contributed by atoms with van der Waals surface area (Å²) < 4.78 is 12.3. The molecule has 1 heterocycles. The second-order valence-corrected chi connectivity index (χ2v) is 7.23. The third-order valence-electron chi connectivity index (χ3n) is 4.10. The summed E-state index contributed by atoms with van der Waals surface area (Å²) in [5.41, 5.74) is 1.61. The minimum absolute atomic E-state index is 0.146. The van der Waals surface area contributed by atoms with Crippen molar-refractivity contribution >= 4 is 35.4 Å². The highest BCUT2D eigenvalue weighted by Crippen LogP contribution is 2.20. The molecule has 0 aliphatic carbocycles. The average molecular weight is 433 g/mol. The minimum atomic E-state index is -0.186. The van der Waals surface area contributed by atoms with E-state index in [0.717, 1.165) is 11.3 Å². The van der Waals surface area contributed by atoms with Crippen molar-refractivity contribution in [2.75, 3.05) is 26.0 Å². The van der Waals surface area contributed by atoms with E-state index in [1.807, 2.05) is 30.3 Å². The molecule has 0 unspecified atom stereocenters. The largest absolute Gasteiger partial charge is 0.497 e. The van der Waals surface area contributed by atoms with Gasteiger partial charge in [-0.15, -0.1) is 5.10 Å². The topological polar surface area (TPSA) is 72.5 Å². The van der Waals surface area contributed by atoms with Crippen molar-refractivity contribution in [3.63, 3.8) is 0 Å². The van der Waals surface area contributed by atoms with Gasteiger partial charge in [-0.05, 0) is 49.1 Å². The van der Waals surface area contributed by atoms with E-state index >= 15 is 0 Å². The zero-order chi connectivity index (χ0) is 20.8. The average Bonchev–Trinajstić information content (AvgIpc) is 3.02.